The highest BCUT2D eigenvalue weighted by Gasteiger charge is 2.15. The molecule has 0 saturated heterocycles. The third kappa shape index (κ3) is 4.71. The van der Waals surface area contributed by atoms with Gasteiger partial charge in [0.25, 0.3) is 5.91 Å². The summed E-state index contributed by atoms with van der Waals surface area (Å²) in [5.74, 6) is -0.149. The monoisotopic (exact) mass is 426 g/mol. The van der Waals surface area contributed by atoms with Crippen molar-refractivity contribution in [3.63, 3.8) is 0 Å². The van der Waals surface area contributed by atoms with Crippen LogP contribution in [0.3, 0.4) is 0 Å². The molecule has 3 rings (SSSR count). The predicted molar refractivity (Wildman–Crippen MR) is 104 cm³/mol. The van der Waals surface area contributed by atoms with E-state index in [0.717, 1.165) is 4.47 Å². The summed E-state index contributed by atoms with van der Waals surface area (Å²) in [5, 5.41) is 2.74. The number of carbonyl (C=O) groups excluding carboxylic acids is 2. The lowest BCUT2D eigenvalue weighted by molar-refractivity contribution is 0.0600. The molecular formula is C20H15BrN2O4. The number of anilines is 1. The van der Waals surface area contributed by atoms with Crippen molar-refractivity contribution in [3.8, 4) is 11.6 Å². The average molecular weight is 427 g/mol. The van der Waals surface area contributed by atoms with E-state index in [1.54, 1.807) is 48.7 Å². The summed E-state index contributed by atoms with van der Waals surface area (Å²) in [6, 6.07) is 16.9. The first-order valence-corrected chi connectivity index (χ1v) is 8.74. The quantitative estimate of drug-likeness (QED) is 0.599. The van der Waals surface area contributed by atoms with Gasteiger partial charge in [0, 0.05) is 16.4 Å². The van der Waals surface area contributed by atoms with Crippen molar-refractivity contribution in [2.75, 3.05) is 12.4 Å². The van der Waals surface area contributed by atoms with Gasteiger partial charge in [0.2, 0.25) is 5.88 Å². The van der Waals surface area contributed by atoms with Gasteiger partial charge in [0.1, 0.15) is 11.3 Å². The Morgan fingerprint density at radius 2 is 1.81 bits per heavy atom. The highest BCUT2D eigenvalue weighted by atomic mass is 79.9. The van der Waals surface area contributed by atoms with Crippen LogP contribution in [0.15, 0.2) is 71.3 Å². The molecule has 6 nitrogen and oxygen atoms in total. The molecule has 2 aromatic carbocycles. The van der Waals surface area contributed by atoms with Gasteiger partial charge in [-0.2, -0.15) is 0 Å². The van der Waals surface area contributed by atoms with Gasteiger partial charge in [-0.25, -0.2) is 9.78 Å². The molecule has 0 radical (unpaired) electrons. The molecule has 0 bridgehead atoms. The molecule has 7 heteroatoms. The minimum Gasteiger partial charge on any atom is -0.465 e. The number of ether oxygens (including phenoxy) is 2. The maximum Gasteiger partial charge on any atom is 0.337 e. The molecule has 27 heavy (non-hydrogen) atoms. The van der Waals surface area contributed by atoms with E-state index < -0.39 is 11.9 Å². The molecule has 136 valence electrons. The van der Waals surface area contributed by atoms with E-state index in [0.29, 0.717) is 17.0 Å². The number of aromatic nitrogens is 1. The van der Waals surface area contributed by atoms with Crippen molar-refractivity contribution in [1.29, 1.82) is 0 Å². The van der Waals surface area contributed by atoms with Gasteiger partial charge in [-0.05, 0) is 54.6 Å². The zero-order valence-corrected chi connectivity index (χ0v) is 15.9. The van der Waals surface area contributed by atoms with E-state index in [2.05, 4.69) is 31.0 Å². The SMILES string of the molecule is COC(=O)c1cccc(NC(=O)c2cccnc2Oc2ccc(Br)cc2)c1. The Labute approximate surface area is 164 Å². The highest BCUT2D eigenvalue weighted by molar-refractivity contribution is 9.10. The van der Waals surface area contributed by atoms with E-state index in [4.69, 9.17) is 4.74 Å². The molecule has 1 aromatic heterocycles. The predicted octanol–water partition coefficient (Wildman–Crippen LogP) is 4.68. The van der Waals surface area contributed by atoms with E-state index in [1.807, 2.05) is 12.1 Å². The molecule has 1 amide bonds. The standard InChI is InChI=1S/C20H15BrN2O4/c1-26-20(25)13-4-2-5-15(12-13)23-18(24)17-6-3-11-22-19(17)27-16-9-7-14(21)8-10-16/h2-12H,1H3,(H,23,24). The van der Waals surface area contributed by atoms with Gasteiger partial charge >= 0.3 is 5.97 Å². The third-order valence-corrected chi connectivity index (χ3v) is 4.11. The normalized spacial score (nSPS) is 10.1. The van der Waals surface area contributed by atoms with E-state index in [9.17, 15) is 9.59 Å². The number of amides is 1. The second-order valence-electron chi connectivity index (χ2n) is 5.44. The zero-order chi connectivity index (χ0) is 19.2. The Morgan fingerprint density at radius 3 is 2.56 bits per heavy atom. The first-order chi connectivity index (χ1) is 13.1. The Hall–Kier alpha value is -3.19. The molecular weight excluding hydrogens is 412 g/mol. The van der Waals surface area contributed by atoms with Crippen molar-refractivity contribution in [2.45, 2.75) is 0 Å². The van der Waals surface area contributed by atoms with Crippen LogP contribution in [0.5, 0.6) is 11.6 Å². The van der Waals surface area contributed by atoms with Gasteiger partial charge in [0.15, 0.2) is 0 Å². The lowest BCUT2D eigenvalue weighted by Crippen LogP contribution is -2.14. The number of nitrogens with zero attached hydrogens (tertiary/aromatic N) is 1. The molecule has 0 unspecified atom stereocenters. The number of rotatable bonds is 5. The number of esters is 1. The maximum atomic E-state index is 12.7. The lowest BCUT2D eigenvalue weighted by atomic mass is 10.2. The largest absolute Gasteiger partial charge is 0.465 e. The van der Waals surface area contributed by atoms with Crippen LogP contribution in [-0.2, 0) is 4.74 Å². The number of halogens is 1. The minimum atomic E-state index is -0.480. The van der Waals surface area contributed by atoms with Crippen LogP contribution in [0.2, 0.25) is 0 Å². The Bertz CT molecular complexity index is 974. The Balaban J connectivity index is 1.81. The Morgan fingerprint density at radius 1 is 1.04 bits per heavy atom. The molecule has 0 aliphatic rings. The van der Waals surface area contributed by atoms with Crippen LogP contribution < -0.4 is 10.1 Å². The fourth-order valence-electron chi connectivity index (χ4n) is 2.30. The summed E-state index contributed by atoms with van der Waals surface area (Å²) in [4.78, 5) is 28.5. The molecule has 0 fully saturated rings. The maximum absolute atomic E-state index is 12.7. The van der Waals surface area contributed by atoms with Crippen LogP contribution in [0.25, 0.3) is 0 Å². The third-order valence-electron chi connectivity index (χ3n) is 3.59. The van der Waals surface area contributed by atoms with Crippen molar-refractivity contribution < 1.29 is 19.1 Å². The van der Waals surface area contributed by atoms with E-state index in [1.165, 1.54) is 13.2 Å². The minimum absolute atomic E-state index is 0.182. The second-order valence-corrected chi connectivity index (χ2v) is 6.35. The zero-order valence-electron chi connectivity index (χ0n) is 14.3. The summed E-state index contributed by atoms with van der Waals surface area (Å²) in [5.41, 5.74) is 1.07. The van der Waals surface area contributed by atoms with Crippen molar-refractivity contribution in [3.05, 3.63) is 82.5 Å². The molecule has 1 heterocycles. The molecule has 0 atom stereocenters. The molecule has 0 saturated carbocycles. The number of pyridine rings is 1. The highest BCUT2D eigenvalue weighted by Crippen LogP contribution is 2.25. The Kier molecular flexibility index (Phi) is 5.83. The fraction of sp³-hybridized carbons (Fsp3) is 0.0500. The van der Waals surface area contributed by atoms with Crippen LogP contribution in [0.1, 0.15) is 20.7 Å². The van der Waals surface area contributed by atoms with Gasteiger partial charge in [-0.3, -0.25) is 4.79 Å². The van der Waals surface area contributed by atoms with Crippen molar-refractivity contribution >= 4 is 33.5 Å². The molecule has 0 aliphatic carbocycles. The number of benzene rings is 2. The number of methoxy groups -OCH3 is 1. The second kappa shape index (κ2) is 8.46. The number of hydrogen-bond donors (Lipinski definition) is 1. The summed E-state index contributed by atoms with van der Waals surface area (Å²) in [6.45, 7) is 0. The molecule has 0 spiro atoms. The first kappa shape index (κ1) is 18.6. The fourth-order valence-corrected chi connectivity index (χ4v) is 2.56. The van der Waals surface area contributed by atoms with E-state index in [-0.39, 0.29) is 11.4 Å². The molecule has 3 aromatic rings. The average Bonchev–Trinajstić information content (AvgIpc) is 2.69. The number of hydrogen-bond acceptors (Lipinski definition) is 5. The summed E-state index contributed by atoms with van der Waals surface area (Å²) < 4.78 is 11.3. The van der Waals surface area contributed by atoms with Gasteiger partial charge in [-0.15, -0.1) is 0 Å². The van der Waals surface area contributed by atoms with Crippen molar-refractivity contribution in [1.82, 2.24) is 4.98 Å². The van der Waals surface area contributed by atoms with Crippen LogP contribution in [-0.4, -0.2) is 24.0 Å². The van der Waals surface area contributed by atoms with Crippen LogP contribution in [0.4, 0.5) is 5.69 Å². The number of nitrogens with one attached hydrogen (secondary N) is 1. The van der Waals surface area contributed by atoms with Gasteiger partial charge in [-0.1, -0.05) is 22.0 Å². The van der Waals surface area contributed by atoms with E-state index >= 15 is 0 Å². The van der Waals surface area contributed by atoms with Crippen LogP contribution in [0, 0.1) is 0 Å². The lowest BCUT2D eigenvalue weighted by Gasteiger charge is -2.11. The smallest absolute Gasteiger partial charge is 0.337 e. The van der Waals surface area contributed by atoms with Crippen molar-refractivity contribution in [2.24, 2.45) is 0 Å². The summed E-state index contributed by atoms with van der Waals surface area (Å²) in [7, 11) is 1.30. The van der Waals surface area contributed by atoms with Crippen LogP contribution >= 0.6 is 15.9 Å². The molecule has 0 aliphatic heterocycles. The van der Waals surface area contributed by atoms with Gasteiger partial charge in [0.05, 0.1) is 12.7 Å². The number of carbonyl (C=O) groups is 2. The molecule has 1 N–H and O–H groups in total. The summed E-state index contributed by atoms with van der Waals surface area (Å²) >= 11 is 3.36. The van der Waals surface area contributed by atoms with Gasteiger partial charge < -0.3 is 14.8 Å². The first-order valence-electron chi connectivity index (χ1n) is 7.95. The topological polar surface area (TPSA) is 77.5 Å². The summed E-state index contributed by atoms with van der Waals surface area (Å²) in [6.07, 6.45) is 1.54.